The smallest absolute Gasteiger partial charge is 0.252 e. The number of aromatic nitrogens is 2. The molecule has 0 aliphatic rings. The van der Waals surface area contributed by atoms with Crippen molar-refractivity contribution in [3.8, 4) is 5.75 Å². The number of aryl methyl sites for hydroxylation is 1. The number of carbonyl (C=O) groups excluding carboxylic acids is 3. The van der Waals surface area contributed by atoms with Gasteiger partial charge >= 0.3 is 0 Å². The maximum absolute atomic E-state index is 12.9. The first kappa shape index (κ1) is 33.0. The Labute approximate surface area is 273 Å². The van der Waals surface area contributed by atoms with Gasteiger partial charge in [0.2, 0.25) is 11.8 Å². The summed E-state index contributed by atoms with van der Waals surface area (Å²) < 4.78 is 13.6. The number of fused-ring (bicyclic) bond motifs is 1. The average molecular weight is 703 g/mol. The number of anilines is 2. The summed E-state index contributed by atoms with van der Waals surface area (Å²) in [7, 11) is 4.68. The van der Waals surface area contributed by atoms with E-state index in [1.54, 1.807) is 62.6 Å². The van der Waals surface area contributed by atoms with E-state index in [1.165, 1.54) is 23.0 Å². The third-order valence-electron chi connectivity index (χ3n) is 6.75. The Kier molecular flexibility index (Phi) is 11.0. The van der Waals surface area contributed by atoms with Gasteiger partial charge < -0.3 is 24.6 Å². The second kappa shape index (κ2) is 14.7. The summed E-state index contributed by atoms with van der Waals surface area (Å²) in [6, 6.07) is 14.0. The Morgan fingerprint density at radius 1 is 1.05 bits per heavy atom. The number of halogens is 3. The van der Waals surface area contributed by atoms with Crippen LogP contribution in [0.3, 0.4) is 0 Å². The van der Waals surface area contributed by atoms with Gasteiger partial charge in [0.15, 0.2) is 11.4 Å². The molecule has 0 atom stereocenters. The Morgan fingerprint density at radius 2 is 1.77 bits per heavy atom. The second-order valence-corrected chi connectivity index (χ2v) is 11.2. The van der Waals surface area contributed by atoms with Crippen LogP contribution in [0.5, 0.6) is 5.75 Å². The lowest BCUT2D eigenvalue weighted by Crippen LogP contribution is -2.37. The number of amides is 3. The first-order valence-corrected chi connectivity index (χ1v) is 14.9. The number of hydrogen-bond acceptors (Lipinski definition) is 6. The molecular formula is C31H30BrCl2N5O5. The maximum atomic E-state index is 12.9. The van der Waals surface area contributed by atoms with Gasteiger partial charge in [0, 0.05) is 49.8 Å². The fourth-order valence-electron chi connectivity index (χ4n) is 4.19. The monoisotopic (exact) mass is 701 g/mol. The zero-order valence-electron chi connectivity index (χ0n) is 24.4. The molecule has 0 aliphatic heterocycles. The molecular weight excluding hydrogens is 673 g/mol. The van der Waals surface area contributed by atoms with Crippen molar-refractivity contribution in [2.24, 2.45) is 0 Å². The van der Waals surface area contributed by atoms with Crippen LogP contribution < -0.4 is 19.9 Å². The summed E-state index contributed by atoms with van der Waals surface area (Å²) in [6.07, 6.45) is 4.80. The third kappa shape index (κ3) is 7.59. The van der Waals surface area contributed by atoms with Crippen LogP contribution in [-0.2, 0) is 25.7 Å². The van der Waals surface area contributed by atoms with Crippen molar-refractivity contribution >= 4 is 80.0 Å². The summed E-state index contributed by atoms with van der Waals surface area (Å²) in [5.74, 6) is -0.478. The molecule has 4 rings (SSSR count). The molecule has 13 heteroatoms. The van der Waals surface area contributed by atoms with Crippen molar-refractivity contribution in [2.75, 3.05) is 44.2 Å². The predicted octanol–water partition coefficient (Wildman–Crippen LogP) is 5.69. The largest absolute Gasteiger partial charge is 0.485 e. The fraction of sp³-hybridized carbons (Fsp3) is 0.226. The molecule has 2 heterocycles. The van der Waals surface area contributed by atoms with Crippen LogP contribution >= 0.6 is 39.1 Å². The van der Waals surface area contributed by atoms with Gasteiger partial charge in [-0.25, -0.2) is 4.98 Å². The SMILES string of the molecule is COCC(=O)N(C)c1ccc(C=CC(=O)NCC(=O)N(C)c2ccc(Cl)c(COc3cccn4c(Br)c(C)nc34)c2Cl)cc1. The summed E-state index contributed by atoms with van der Waals surface area (Å²) in [4.78, 5) is 44.7. The number of pyridine rings is 1. The van der Waals surface area contributed by atoms with Crippen LogP contribution in [0.15, 0.2) is 65.4 Å². The van der Waals surface area contributed by atoms with Gasteiger partial charge in [-0.1, -0.05) is 35.3 Å². The van der Waals surface area contributed by atoms with Crippen LogP contribution in [-0.4, -0.2) is 61.5 Å². The van der Waals surface area contributed by atoms with Crippen molar-refractivity contribution in [3.63, 3.8) is 0 Å². The van der Waals surface area contributed by atoms with Crippen molar-refractivity contribution in [3.05, 3.63) is 92.3 Å². The number of likely N-dealkylation sites (N-methyl/N-ethyl adjacent to an activating group) is 2. The zero-order valence-corrected chi connectivity index (χ0v) is 27.5. The molecule has 3 amide bonds. The fourth-order valence-corrected chi connectivity index (χ4v) is 5.17. The third-order valence-corrected chi connectivity index (χ3v) is 8.48. The van der Waals surface area contributed by atoms with Gasteiger partial charge in [-0.05, 0) is 70.9 Å². The van der Waals surface area contributed by atoms with Crippen LogP contribution in [0.4, 0.5) is 11.4 Å². The van der Waals surface area contributed by atoms with Gasteiger partial charge in [0.05, 0.1) is 22.9 Å². The molecule has 0 unspecified atom stereocenters. The van der Waals surface area contributed by atoms with Crippen molar-refractivity contribution < 1.29 is 23.9 Å². The number of hydrogen-bond donors (Lipinski definition) is 1. The standard InChI is InChI=1S/C31H30BrCl2N5O5/c1-19-30(32)39-15-5-6-25(31(39)36-19)44-17-22-23(33)12-13-24(29(22)34)38(3)27(41)16-35-26(40)14-9-20-7-10-21(11-8-20)37(2)28(42)18-43-4/h5-15H,16-18H2,1-4H3,(H,35,40). The number of imidazole rings is 1. The number of ether oxygens (including phenoxy) is 2. The molecule has 0 saturated carbocycles. The summed E-state index contributed by atoms with van der Waals surface area (Å²) >= 11 is 16.7. The minimum atomic E-state index is -0.449. The number of methoxy groups -OCH3 is 1. The normalized spacial score (nSPS) is 11.2. The van der Waals surface area contributed by atoms with E-state index < -0.39 is 11.8 Å². The first-order valence-electron chi connectivity index (χ1n) is 13.3. The lowest BCUT2D eigenvalue weighted by atomic mass is 10.2. The van der Waals surface area contributed by atoms with Gasteiger partial charge in [-0.2, -0.15) is 0 Å². The molecule has 0 bridgehead atoms. The lowest BCUT2D eigenvalue weighted by molar-refractivity contribution is -0.122. The van der Waals surface area contributed by atoms with Crippen LogP contribution in [0.2, 0.25) is 10.0 Å². The average Bonchev–Trinajstić information content (AvgIpc) is 3.31. The Hall–Kier alpha value is -3.90. The predicted molar refractivity (Wildman–Crippen MR) is 176 cm³/mol. The van der Waals surface area contributed by atoms with Gasteiger partial charge in [-0.15, -0.1) is 0 Å². The van der Waals surface area contributed by atoms with Crippen LogP contribution in [0.1, 0.15) is 16.8 Å². The number of rotatable bonds is 11. The van der Waals surface area contributed by atoms with Crippen molar-refractivity contribution in [2.45, 2.75) is 13.5 Å². The Balaban J connectivity index is 1.36. The topological polar surface area (TPSA) is 105 Å². The highest BCUT2D eigenvalue weighted by Crippen LogP contribution is 2.35. The molecule has 0 spiro atoms. The van der Waals surface area contributed by atoms with Crippen LogP contribution in [0.25, 0.3) is 11.7 Å². The minimum Gasteiger partial charge on any atom is -0.485 e. The van der Waals surface area contributed by atoms with Gasteiger partial charge in [-0.3, -0.25) is 18.8 Å². The number of carbonyl (C=O) groups is 3. The molecule has 4 aromatic rings. The van der Waals surface area contributed by atoms with Crippen molar-refractivity contribution in [1.82, 2.24) is 14.7 Å². The Bertz CT molecular complexity index is 1720. The minimum absolute atomic E-state index is 0.0196. The molecule has 44 heavy (non-hydrogen) atoms. The molecule has 0 saturated heterocycles. The van der Waals surface area contributed by atoms with E-state index in [4.69, 9.17) is 32.7 Å². The van der Waals surface area contributed by atoms with Crippen LogP contribution in [0, 0.1) is 6.92 Å². The molecule has 0 aliphatic carbocycles. The molecule has 0 radical (unpaired) electrons. The summed E-state index contributed by atoms with van der Waals surface area (Å²) in [6.45, 7) is 1.65. The summed E-state index contributed by atoms with van der Waals surface area (Å²) in [5, 5.41) is 3.22. The zero-order chi connectivity index (χ0) is 32.0. The first-order chi connectivity index (χ1) is 21.0. The van der Waals surface area contributed by atoms with E-state index in [9.17, 15) is 14.4 Å². The van der Waals surface area contributed by atoms with Crippen molar-refractivity contribution in [1.29, 1.82) is 0 Å². The molecule has 10 nitrogen and oxygen atoms in total. The van der Waals surface area contributed by atoms with Gasteiger partial charge in [0.1, 0.15) is 17.8 Å². The quantitative estimate of drug-likeness (QED) is 0.201. The van der Waals surface area contributed by atoms with E-state index in [0.29, 0.717) is 33.4 Å². The van der Waals surface area contributed by atoms with E-state index in [0.717, 1.165) is 15.9 Å². The molecule has 2 aromatic carbocycles. The molecule has 1 N–H and O–H groups in total. The van der Waals surface area contributed by atoms with E-state index in [-0.39, 0.29) is 30.7 Å². The Morgan fingerprint density at radius 3 is 2.48 bits per heavy atom. The maximum Gasteiger partial charge on any atom is 0.252 e. The number of nitrogens with zero attached hydrogens (tertiary/aromatic N) is 4. The van der Waals surface area contributed by atoms with E-state index in [1.807, 2.05) is 23.6 Å². The molecule has 2 aromatic heterocycles. The molecule has 0 fully saturated rings. The molecule has 230 valence electrons. The lowest BCUT2D eigenvalue weighted by Gasteiger charge is -2.21. The highest BCUT2D eigenvalue weighted by molar-refractivity contribution is 9.10. The second-order valence-electron chi connectivity index (χ2n) is 9.68. The summed E-state index contributed by atoms with van der Waals surface area (Å²) in [5.41, 5.74) is 3.80. The van der Waals surface area contributed by atoms with E-state index >= 15 is 0 Å². The highest BCUT2D eigenvalue weighted by atomic mass is 79.9. The van der Waals surface area contributed by atoms with E-state index in [2.05, 4.69) is 26.2 Å². The number of nitrogens with one attached hydrogen (secondary N) is 1. The van der Waals surface area contributed by atoms with Gasteiger partial charge in [0.25, 0.3) is 5.91 Å². The number of benzene rings is 2. The highest BCUT2D eigenvalue weighted by Gasteiger charge is 2.20.